The number of nitrogens with zero attached hydrogens (tertiary/aromatic N) is 4. The lowest BCUT2D eigenvalue weighted by Crippen LogP contribution is -2.44. The zero-order valence-corrected chi connectivity index (χ0v) is 14.1. The highest BCUT2D eigenvalue weighted by atomic mass is 16.5. The van der Waals surface area contributed by atoms with Gasteiger partial charge >= 0.3 is 0 Å². The molecule has 3 rings (SSSR count). The molecule has 24 heavy (non-hydrogen) atoms. The highest BCUT2D eigenvalue weighted by Crippen LogP contribution is 2.19. The Morgan fingerprint density at radius 2 is 2.33 bits per heavy atom. The standard InChI is InChI=1S/C17H23N5O2/c1-13-4-3-5-14(8-13)9-18-16(23)11-22-6-7-24-15(10-22)17-20-19-12-21(17)2/h3-5,8,12,15H,6-7,9-11H2,1-2H3,(H,18,23)/t15-/m1/s1. The number of aryl methyl sites for hydroxylation is 2. The molecule has 2 aromatic rings. The van der Waals surface area contributed by atoms with Gasteiger partial charge in [-0.3, -0.25) is 9.69 Å². The van der Waals surface area contributed by atoms with E-state index in [-0.39, 0.29) is 12.0 Å². The normalized spacial score (nSPS) is 18.5. The zero-order chi connectivity index (χ0) is 16.9. The third-order valence-corrected chi connectivity index (χ3v) is 4.12. The van der Waals surface area contributed by atoms with Crippen molar-refractivity contribution in [1.29, 1.82) is 0 Å². The van der Waals surface area contributed by atoms with Crippen LogP contribution in [0.2, 0.25) is 0 Å². The lowest BCUT2D eigenvalue weighted by atomic mass is 10.1. The van der Waals surface area contributed by atoms with Gasteiger partial charge in [-0.1, -0.05) is 29.8 Å². The predicted molar refractivity (Wildman–Crippen MR) is 89.2 cm³/mol. The maximum atomic E-state index is 12.2. The number of amides is 1. The summed E-state index contributed by atoms with van der Waals surface area (Å²) >= 11 is 0. The Hall–Kier alpha value is -2.25. The summed E-state index contributed by atoms with van der Waals surface area (Å²) in [7, 11) is 1.90. The van der Waals surface area contributed by atoms with Gasteiger partial charge in [0.05, 0.1) is 13.2 Å². The molecule has 7 heteroatoms. The predicted octanol–water partition coefficient (Wildman–Crippen LogP) is 0.813. The lowest BCUT2D eigenvalue weighted by Gasteiger charge is -2.31. The fraction of sp³-hybridized carbons (Fsp3) is 0.471. The number of hydrogen-bond acceptors (Lipinski definition) is 5. The molecule has 1 aromatic heterocycles. The molecular weight excluding hydrogens is 306 g/mol. The first-order valence-corrected chi connectivity index (χ1v) is 8.12. The minimum Gasteiger partial charge on any atom is -0.368 e. The van der Waals surface area contributed by atoms with Crippen molar-refractivity contribution < 1.29 is 9.53 Å². The number of carbonyl (C=O) groups excluding carboxylic acids is 1. The SMILES string of the molecule is Cc1cccc(CNC(=O)CN2CCO[C@@H](c3nncn3C)C2)c1. The number of benzene rings is 1. The molecule has 0 saturated carbocycles. The van der Waals surface area contributed by atoms with Gasteiger partial charge in [0.15, 0.2) is 5.82 Å². The molecular formula is C17H23N5O2. The highest BCUT2D eigenvalue weighted by molar-refractivity contribution is 5.78. The summed E-state index contributed by atoms with van der Waals surface area (Å²) in [5, 5.41) is 11.0. The van der Waals surface area contributed by atoms with Crippen molar-refractivity contribution in [1.82, 2.24) is 25.0 Å². The third-order valence-electron chi connectivity index (χ3n) is 4.12. The van der Waals surface area contributed by atoms with Crippen LogP contribution in [0.25, 0.3) is 0 Å². The number of carbonyl (C=O) groups is 1. The molecule has 1 aliphatic rings. The summed E-state index contributed by atoms with van der Waals surface area (Å²) in [6.45, 7) is 4.94. The molecule has 2 heterocycles. The first kappa shape index (κ1) is 16.6. The molecule has 0 aliphatic carbocycles. The van der Waals surface area contributed by atoms with Crippen LogP contribution in [-0.2, 0) is 23.1 Å². The van der Waals surface area contributed by atoms with Crippen molar-refractivity contribution >= 4 is 5.91 Å². The van der Waals surface area contributed by atoms with Crippen LogP contribution in [0, 0.1) is 6.92 Å². The average Bonchev–Trinajstić information content (AvgIpc) is 2.99. The van der Waals surface area contributed by atoms with E-state index in [1.165, 1.54) is 5.56 Å². The Bertz CT molecular complexity index is 700. The summed E-state index contributed by atoms with van der Waals surface area (Å²) in [6.07, 6.45) is 1.52. The van der Waals surface area contributed by atoms with E-state index in [9.17, 15) is 4.79 Å². The van der Waals surface area contributed by atoms with Crippen LogP contribution in [0.5, 0.6) is 0 Å². The molecule has 0 unspecified atom stereocenters. The second kappa shape index (κ2) is 7.55. The minimum atomic E-state index is -0.143. The summed E-state index contributed by atoms with van der Waals surface area (Å²) < 4.78 is 7.61. The van der Waals surface area contributed by atoms with Gasteiger partial charge in [-0.2, -0.15) is 0 Å². The van der Waals surface area contributed by atoms with Gasteiger partial charge in [0.25, 0.3) is 0 Å². The van der Waals surface area contributed by atoms with Crippen molar-refractivity contribution in [2.75, 3.05) is 26.2 Å². The molecule has 7 nitrogen and oxygen atoms in total. The fourth-order valence-corrected chi connectivity index (χ4v) is 2.87. The third kappa shape index (κ3) is 4.18. The maximum Gasteiger partial charge on any atom is 0.234 e. The summed E-state index contributed by atoms with van der Waals surface area (Å²) in [5.74, 6) is 0.815. The molecule has 1 fully saturated rings. The van der Waals surface area contributed by atoms with E-state index in [0.29, 0.717) is 26.2 Å². The maximum absolute atomic E-state index is 12.2. The van der Waals surface area contributed by atoms with E-state index in [0.717, 1.165) is 17.9 Å². The Balaban J connectivity index is 1.50. The number of aromatic nitrogens is 3. The molecule has 0 bridgehead atoms. The van der Waals surface area contributed by atoms with Crippen LogP contribution in [-0.4, -0.2) is 51.8 Å². The Morgan fingerprint density at radius 3 is 3.08 bits per heavy atom. The van der Waals surface area contributed by atoms with Gasteiger partial charge < -0.3 is 14.6 Å². The van der Waals surface area contributed by atoms with Crippen LogP contribution in [0.15, 0.2) is 30.6 Å². The van der Waals surface area contributed by atoms with Gasteiger partial charge in [0.2, 0.25) is 5.91 Å². The Kier molecular flexibility index (Phi) is 5.22. The van der Waals surface area contributed by atoms with E-state index >= 15 is 0 Å². The molecule has 1 atom stereocenters. The molecule has 128 valence electrons. The Labute approximate surface area is 141 Å². The minimum absolute atomic E-state index is 0.0233. The molecule has 1 amide bonds. The van der Waals surface area contributed by atoms with Crippen LogP contribution >= 0.6 is 0 Å². The number of nitrogens with one attached hydrogen (secondary N) is 1. The molecule has 0 spiro atoms. The van der Waals surface area contributed by atoms with Gasteiger partial charge in [0, 0.05) is 26.7 Å². The van der Waals surface area contributed by atoms with Crippen molar-refractivity contribution in [3.63, 3.8) is 0 Å². The highest BCUT2D eigenvalue weighted by Gasteiger charge is 2.26. The van der Waals surface area contributed by atoms with Crippen molar-refractivity contribution in [3.8, 4) is 0 Å². The summed E-state index contributed by atoms with van der Waals surface area (Å²) in [6, 6.07) is 8.15. The van der Waals surface area contributed by atoms with E-state index in [4.69, 9.17) is 4.74 Å². The van der Waals surface area contributed by atoms with Crippen molar-refractivity contribution in [3.05, 3.63) is 47.5 Å². The Morgan fingerprint density at radius 1 is 1.46 bits per heavy atom. The van der Waals surface area contributed by atoms with Crippen LogP contribution in [0.4, 0.5) is 0 Å². The van der Waals surface area contributed by atoms with E-state index in [1.807, 2.05) is 36.7 Å². The molecule has 1 saturated heterocycles. The second-order valence-electron chi connectivity index (χ2n) is 6.16. The van der Waals surface area contributed by atoms with E-state index in [1.54, 1.807) is 6.33 Å². The first-order valence-electron chi connectivity index (χ1n) is 8.12. The summed E-state index contributed by atoms with van der Waals surface area (Å²) in [4.78, 5) is 14.3. The second-order valence-corrected chi connectivity index (χ2v) is 6.16. The number of ether oxygens (including phenoxy) is 1. The molecule has 1 N–H and O–H groups in total. The van der Waals surface area contributed by atoms with Crippen molar-refractivity contribution in [2.45, 2.75) is 19.6 Å². The van der Waals surface area contributed by atoms with E-state index in [2.05, 4.69) is 26.5 Å². The number of morpholine rings is 1. The monoisotopic (exact) mass is 329 g/mol. The van der Waals surface area contributed by atoms with Crippen molar-refractivity contribution in [2.24, 2.45) is 7.05 Å². The average molecular weight is 329 g/mol. The van der Waals surface area contributed by atoms with Crippen LogP contribution < -0.4 is 5.32 Å². The zero-order valence-electron chi connectivity index (χ0n) is 14.1. The van der Waals surface area contributed by atoms with Gasteiger partial charge in [-0.15, -0.1) is 10.2 Å². The lowest BCUT2D eigenvalue weighted by molar-refractivity contribution is -0.124. The van der Waals surface area contributed by atoms with Gasteiger partial charge in [-0.05, 0) is 12.5 Å². The topological polar surface area (TPSA) is 72.3 Å². The largest absolute Gasteiger partial charge is 0.368 e. The van der Waals surface area contributed by atoms with Crippen LogP contribution in [0.3, 0.4) is 0 Å². The molecule has 1 aromatic carbocycles. The van der Waals surface area contributed by atoms with Gasteiger partial charge in [-0.25, -0.2) is 0 Å². The number of rotatable bonds is 5. The van der Waals surface area contributed by atoms with Crippen LogP contribution in [0.1, 0.15) is 23.1 Å². The van der Waals surface area contributed by atoms with E-state index < -0.39 is 0 Å². The fourth-order valence-electron chi connectivity index (χ4n) is 2.87. The molecule has 0 radical (unpaired) electrons. The molecule has 1 aliphatic heterocycles. The smallest absolute Gasteiger partial charge is 0.234 e. The quantitative estimate of drug-likeness (QED) is 0.879. The summed E-state index contributed by atoms with van der Waals surface area (Å²) in [5.41, 5.74) is 2.31. The number of hydrogen-bond donors (Lipinski definition) is 1. The van der Waals surface area contributed by atoms with Gasteiger partial charge in [0.1, 0.15) is 12.4 Å². The first-order chi connectivity index (χ1) is 11.6.